The number of carbonyl (C=O) groups excluding carboxylic acids is 2. The van der Waals surface area contributed by atoms with Gasteiger partial charge in [-0.2, -0.15) is 0 Å². The number of anilines is 1. The number of rotatable bonds is 7. The highest BCUT2D eigenvalue weighted by atomic mass is 16.2. The van der Waals surface area contributed by atoms with Crippen molar-refractivity contribution in [2.75, 3.05) is 11.9 Å². The summed E-state index contributed by atoms with van der Waals surface area (Å²) in [5.41, 5.74) is 2.22. The lowest BCUT2D eigenvalue weighted by atomic mass is 10.1. The lowest BCUT2D eigenvalue weighted by Gasteiger charge is -2.11. The topological polar surface area (TPSA) is 85.1 Å². The van der Waals surface area contributed by atoms with Crippen molar-refractivity contribution in [3.63, 3.8) is 0 Å². The molecule has 0 saturated carbocycles. The first kappa shape index (κ1) is 20.0. The van der Waals surface area contributed by atoms with Crippen molar-refractivity contribution < 1.29 is 9.59 Å². The lowest BCUT2D eigenvalue weighted by molar-refractivity contribution is -0.116. The maximum atomic E-state index is 12.7. The minimum Gasteiger partial charge on any atom is -0.341 e. The Morgan fingerprint density at radius 2 is 1.69 bits per heavy atom. The monoisotopic (exact) mass is 390 g/mol. The van der Waals surface area contributed by atoms with Crippen molar-refractivity contribution in [3.8, 4) is 12.3 Å². The highest BCUT2D eigenvalue weighted by Crippen LogP contribution is 2.16. The van der Waals surface area contributed by atoms with E-state index in [1.165, 1.54) is 0 Å². The van der Waals surface area contributed by atoms with Gasteiger partial charge < -0.3 is 10.6 Å². The number of imidazole rings is 1. The first-order valence-electron chi connectivity index (χ1n) is 9.35. The fourth-order valence-electron chi connectivity index (χ4n) is 3.24. The van der Waals surface area contributed by atoms with E-state index in [1.807, 2.05) is 31.2 Å². The quantitative estimate of drug-likeness (QED) is 0.607. The summed E-state index contributed by atoms with van der Waals surface area (Å²) in [4.78, 5) is 37.4. The third kappa shape index (κ3) is 4.22. The molecule has 148 valence electrons. The molecule has 29 heavy (non-hydrogen) atoms. The second-order valence-electron chi connectivity index (χ2n) is 6.40. The van der Waals surface area contributed by atoms with Crippen LogP contribution in [0.5, 0.6) is 0 Å². The number of nitrogens with zero attached hydrogens (tertiary/aromatic N) is 2. The number of hydrogen-bond acceptors (Lipinski definition) is 3. The molecule has 0 unspecified atom stereocenters. The number of fused-ring (bicyclic) bond motifs is 1. The van der Waals surface area contributed by atoms with E-state index in [2.05, 4.69) is 16.6 Å². The second-order valence-corrected chi connectivity index (χ2v) is 6.40. The molecular weight excluding hydrogens is 368 g/mol. The largest absolute Gasteiger partial charge is 0.341 e. The Morgan fingerprint density at radius 3 is 2.38 bits per heavy atom. The predicted molar refractivity (Wildman–Crippen MR) is 113 cm³/mol. The van der Waals surface area contributed by atoms with E-state index in [0.717, 1.165) is 11.0 Å². The van der Waals surface area contributed by atoms with E-state index in [1.54, 1.807) is 33.4 Å². The molecule has 7 nitrogen and oxygen atoms in total. The Hall–Kier alpha value is -3.79. The maximum Gasteiger partial charge on any atom is 0.329 e. The smallest absolute Gasteiger partial charge is 0.329 e. The molecule has 0 atom stereocenters. The van der Waals surface area contributed by atoms with Crippen LogP contribution in [0.1, 0.15) is 23.7 Å². The van der Waals surface area contributed by atoms with Gasteiger partial charge >= 0.3 is 5.69 Å². The third-order valence-corrected chi connectivity index (χ3v) is 4.60. The van der Waals surface area contributed by atoms with Gasteiger partial charge in [0.1, 0.15) is 0 Å². The minimum absolute atomic E-state index is 0.0952. The number of terminal acetylenes is 1. The molecule has 0 aliphatic carbocycles. The Balaban J connectivity index is 1.75. The zero-order valence-electron chi connectivity index (χ0n) is 16.1. The lowest BCUT2D eigenvalue weighted by Crippen LogP contribution is -2.27. The fraction of sp³-hybridized carbons (Fsp3) is 0.227. The van der Waals surface area contributed by atoms with Crippen LogP contribution >= 0.6 is 0 Å². The first-order valence-corrected chi connectivity index (χ1v) is 9.35. The molecule has 0 fully saturated rings. The molecule has 0 bridgehead atoms. The zero-order valence-corrected chi connectivity index (χ0v) is 16.1. The number of benzene rings is 2. The van der Waals surface area contributed by atoms with E-state index in [4.69, 9.17) is 6.42 Å². The molecule has 7 heteroatoms. The second kappa shape index (κ2) is 8.93. The highest BCUT2D eigenvalue weighted by molar-refractivity contribution is 6.03. The van der Waals surface area contributed by atoms with Gasteiger partial charge in [-0.1, -0.05) is 30.2 Å². The molecule has 0 saturated heterocycles. The van der Waals surface area contributed by atoms with Crippen molar-refractivity contribution >= 4 is 28.5 Å². The maximum absolute atomic E-state index is 12.7. The average Bonchev–Trinajstić information content (AvgIpc) is 3.01. The van der Waals surface area contributed by atoms with Crippen LogP contribution in [0.2, 0.25) is 0 Å². The standard InChI is InChI=1S/C22H22N4O3/c1-3-14-23-21(28)16-9-5-6-10-17(16)24-20(27)13-15-26-19-12-8-7-11-18(19)25(4-2)22(26)29/h1,5-12H,4,13-15H2,2H3,(H,23,28)(H,24,27). The molecular formula is C22H22N4O3. The Kier molecular flexibility index (Phi) is 6.15. The fourth-order valence-corrected chi connectivity index (χ4v) is 3.24. The normalized spacial score (nSPS) is 10.5. The minimum atomic E-state index is -0.360. The van der Waals surface area contributed by atoms with E-state index in [-0.39, 0.29) is 37.0 Å². The van der Waals surface area contributed by atoms with Crippen molar-refractivity contribution in [1.82, 2.24) is 14.5 Å². The number of aromatic nitrogens is 2. The van der Waals surface area contributed by atoms with E-state index in [0.29, 0.717) is 17.8 Å². The Bertz CT molecular complexity index is 1150. The third-order valence-electron chi connectivity index (χ3n) is 4.60. The van der Waals surface area contributed by atoms with Crippen molar-refractivity contribution in [3.05, 3.63) is 64.6 Å². The summed E-state index contributed by atoms with van der Waals surface area (Å²) in [5.74, 6) is 1.69. The van der Waals surface area contributed by atoms with Crippen molar-refractivity contribution in [1.29, 1.82) is 0 Å². The van der Waals surface area contributed by atoms with Crippen LogP contribution in [0.25, 0.3) is 11.0 Å². The number of para-hydroxylation sites is 3. The molecule has 2 amide bonds. The van der Waals surface area contributed by atoms with Gasteiger partial charge in [0, 0.05) is 19.5 Å². The molecule has 3 aromatic rings. The molecule has 0 spiro atoms. The number of hydrogen-bond donors (Lipinski definition) is 2. The molecule has 2 N–H and O–H groups in total. The van der Waals surface area contributed by atoms with Crippen LogP contribution in [0.15, 0.2) is 53.3 Å². The van der Waals surface area contributed by atoms with E-state index < -0.39 is 0 Å². The van der Waals surface area contributed by atoms with Gasteiger partial charge in [0.25, 0.3) is 5.91 Å². The predicted octanol–water partition coefficient (Wildman–Crippen LogP) is 2.21. The summed E-state index contributed by atoms with van der Waals surface area (Å²) in [5, 5.41) is 5.34. The summed E-state index contributed by atoms with van der Waals surface area (Å²) in [6, 6.07) is 14.2. The Labute approximate surface area is 168 Å². The number of carbonyl (C=O) groups is 2. The van der Waals surface area contributed by atoms with E-state index in [9.17, 15) is 14.4 Å². The van der Waals surface area contributed by atoms with Crippen LogP contribution in [0, 0.1) is 12.3 Å². The van der Waals surface area contributed by atoms with Gasteiger partial charge in [-0.3, -0.25) is 18.7 Å². The first-order chi connectivity index (χ1) is 14.1. The summed E-state index contributed by atoms with van der Waals surface area (Å²) >= 11 is 0. The molecule has 1 aromatic heterocycles. The van der Waals surface area contributed by atoms with Crippen molar-refractivity contribution in [2.24, 2.45) is 0 Å². The van der Waals surface area contributed by atoms with Crippen LogP contribution in [-0.4, -0.2) is 27.5 Å². The molecule has 3 rings (SSSR count). The summed E-state index contributed by atoms with van der Waals surface area (Å²) in [6.45, 7) is 2.81. The van der Waals surface area contributed by atoms with Crippen LogP contribution < -0.4 is 16.3 Å². The van der Waals surface area contributed by atoms with E-state index >= 15 is 0 Å². The molecule has 2 aromatic carbocycles. The van der Waals surface area contributed by atoms with Gasteiger partial charge in [-0.05, 0) is 31.2 Å². The molecule has 0 aliphatic heterocycles. The van der Waals surface area contributed by atoms with Gasteiger partial charge in [0.15, 0.2) is 0 Å². The molecule has 0 radical (unpaired) electrons. The van der Waals surface area contributed by atoms with Crippen LogP contribution in [0.4, 0.5) is 5.69 Å². The Morgan fingerprint density at radius 1 is 1.03 bits per heavy atom. The zero-order chi connectivity index (χ0) is 20.8. The summed E-state index contributed by atoms with van der Waals surface area (Å²) in [7, 11) is 0. The van der Waals surface area contributed by atoms with Gasteiger partial charge in [0.2, 0.25) is 5.91 Å². The number of amides is 2. The number of nitrogens with one attached hydrogen (secondary N) is 2. The summed E-state index contributed by atoms with van der Waals surface area (Å²) in [6.07, 6.45) is 5.26. The van der Waals surface area contributed by atoms with Gasteiger partial charge in [-0.25, -0.2) is 4.79 Å². The van der Waals surface area contributed by atoms with Crippen LogP contribution in [0.3, 0.4) is 0 Å². The van der Waals surface area contributed by atoms with Gasteiger partial charge in [0.05, 0.1) is 28.8 Å². The van der Waals surface area contributed by atoms with Gasteiger partial charge in [-0.15, -0.1) is 6.42 Å². The molecule has 1 heterocycles. The summed E-state index contributed by atoms with van der Waals surface area (Å²) < 4.78 is 3.28. The highest BCUT2D eigenvalue weighted by Gasteiger charge is 2.15. The number of aryl methyl sites for hydroxylation is 2. The van der Waals surface area contributed by atoms with Crippen LogP contribution in [-0.2, 0) is 17.9 Å². The molecule has 0 aliphatic rings. The average molecular weight is 390 g/mol. The SMILES string of the molecule is C#CCNC(=O)c1ccccc1NC(=O)CCn1c(=O)n(CC)c2ccccc21. The van der Waals surface area contributed by atoms with Crippen molar-refractivity contribution in [2.45, 2.75) is 26.4 Å².